The second-order valence-corrected chi connectivity index (χ2v) is 8.64. The van der Waals surface area contributed by atoms with Gasteiger partial charge in [0.25, 0.3) is 0 Å². The van der Waals surface area contributed by atoms with Gasteiger partial charge in [0.05, 0.1) is 27.8 Å². The monoisotopic (exact) mass is 481 g/mol. The second-order valence-electron chi connectivity index (χ2n) is 7.36. The summed E-state index contributed by atoms with van der Waals surface area (Å²) in [5.41, 5.74) is 5.84. The first-order chi connectivity index (χ1) is 15.4. The average Bonchev–Trinajstić information content (AvgIpc) is 3.14. The van der Waals surface area contributed by atoms with Crippen LogP contribution in [0.4, 0.5) is 4.39 Å². The lowest BCUT2D eigenvalue weighted by Crippen LogP contribution is -1.97. The van der Waals surface area contributed by atoms with Crippen molar-refractivity contribution in [2.24, 2.45) is 0 Å². The molecule has 0 aliphatic heterocycles. The Kier molecular flexibility index (Phi) is 5.38. The van der Waals surface area contributed by atoms with Crippen LogP contribution in [-0.4, -0.2) is 14.4 Å². The molecule has 3 aromatic carbocycles. The Morgan fingerprint density at radius 3 is 2.28 bits per heavy atom. The summed E-state index contributed by atoms with van der Waals surface area (Å²) in [5.74, 6) is -0.324. The molecular formula is C25H15Cl3FN3. The Labute approximate surface area is 199 Å². The molecular weight excluding hydrogens is 468 g/mol. The molecule has 158 valence electrons. The summed E-state index contributed by atoms with van der Waals surface area (Å²) < 4.78 is 15.8. The van der Waals surface area contributed by atoms with Crippen LogP contribution in [0, 0.1) is 12.7 Å². The lowest BCUT2D eigenvalue weighted by molar-refractivity contribution is 0.628. The summed E-state index contributed by atoms with van der Waals surface area (Å²) in [5, 5.41) is 1.67. The molecule has 5 rings (SSSR count). The van der Waals surface area contributed by atoms with E-state index in [1.165, 1.54) is 12.1 Å². The number of fused-ring (bicyclic) bond motifs is 1. The zero-order valence-corrected chi connectivity index (χ0v) is 19.0. The maximum absolute atomic E-state index is 13.9. The fraction of sp³-hybridized carbons (Fsp3) is 0.0400. The molecule has 0 aliphatic rings. The number of hydrogen-bond donors (Lipinski definition) is 0. The molecule has 3 nitrogen and oxygen atoms in total. The summed E-state index contributed by atoms with van der Waals surface area (Å²) in [6.07, 6.45) is 1.85. The van der Waals surface area contributed by atoms with E-state index >= 15 is 0 Å². The molecule has 32 heavy (non-hydrogen) atoms. The van der Waals surface area contributed by atoms with Crippen molar-refractivity contribution < 1.29 is 4.39 Å². The smallest absolute Gasteiger partial charge is 0.159 e. The van der Waals surface area contributed by atoms with Crippen molar-refractivity contribution in [1.82, 2.24) is 14.4 Å². The number of rotatable bonds is 3. The van der Waals surface area contributed by atoms with Crippen molar-refractivity contribution in [1.29, 1.82) is 0 Å². The van der Waals surface area contributed by atoms with Crippen LogP contribution in [0.15, 0.2) is 72.9 Å². The number of aromatic nitrogens is 3. The zero-order chi connectivity index (χ0) is 22.4. The maximum Gasteiger partial charge on any atom is 0.159 e. The number of imidazole rings is 1. The number of nitrogens with zero attached hydrogens (tertiary/aromatic N) is 3. The van der Waals surface area contributed by atoms with Crippen LogP contribution < -0.4 is 0 Å². The van der Waals surface area contributed by atoms with Gasteiger partial charge in [0.15, 0.2) is 5.65 Å². The number of hydrogen-bond acceptors (Lipinski definition) is 2. The molecule has 0 spiro atoms. The summed E-state index contributed by atoms with van der Waals surface area (Å²) >= 11 is 18.9. The van der Waals surface area contributed by atoms with Gasteiger partial charge in [-0.15, -0.1) is 0 Å². The fourth-order valence-corrected chi connectivity index (χ4v) is 4.35. The first-order valence-electron chi connectivity index (χ1n) is 9.78. The van der Waals surface area contributed by atoms with E-state index < -0.39 is 0 Å². The first kappa shape index (κ1) is 21.0. The fourth-order valence-electron chi connectivity index (χ4n) is 3.73. The minimum Gasteiger partial charge on any atom is -0.295 e. The third kappa shape index (κ3) is 3.75. The molecule has 0 saturated heterocycles. The molecule has 0 amide bonds. The van der Waals surface area contributed by atoms with Gasteiger partial charge in [0.1, 0.15) is 5.82 Å². The van der Waals surface area contributed by atoms with E-state index in [0.29, 0.717) is 37.7 Å². The van der Waals surface area contributed by atoms with Crippen LogP contribution in [0.3, 0.4) is 0 Å². The van der Waals surface area contributed by atoms with E-state index in [2.05, 4.69) is 4.98 Å². The molecule has 0 aliphatic carbocycles. The van der Waals surface area contributed by atoms with Crippen molar-refractivity contribution in [2.75, 3.05) is 0 Å². The lowest BCUT2D eigenvalue weighted by atomic mass is 10.0. The number of aryl methyl sites for hydroxylation is 1. The maximum atomic E-state index is 13.9. The van der Waals surface area contributed by atoms with Crippen LogP contribution in [0.2, 0.25) is 15.1 Å². The molecule has 2 aromatic heterocycles. The molecule has 0 fully saturated rings. The Balaban J connectivity index is 1.85. The third-order valence-electron chi connectivity index (χ3n) is 5.20. The molecule has 5 aromatic rings. The van der Waals surface area contributed by atoms with Crippen LogP contribution in [0.5, 0.6) is 0 Å². The summed E-state index contributed by atoms with van der Waals surface area (Å²) in [4.78, 5) is 9.58. The topological polar surface area (TPSA) is 30.2 Å². The van der Waals surface area contributed by atoms with Gasteiger partial charge in [-0.25, -0.2) is 14.4 Å². The van der Waals surface area contributed by atoms with E-state index in [-0.39, 0.29) is 5.82 Å². The lowest BCUT2D eigenvalue weighted by Gasteiger charge is -2.10. The Hall–Kier alpha value is -2.92. The van der Waals surface area contributed by atoms with E-state index in [1.54, 1.807) is 18.2 Å². The van der Waals surface area contributed by atoms with Gasteiger partial charge < -0.3 is 0 Å². The van der Waals surface area contributed by atoms with Crippen molar-refractivity contribution in [3.05, 3.63) is 99.5 Å². The molecule has 7 heteroatoms. The normalized spacial score (nSPS) is 11.3. The Morgan fingerprint density at radius 1 is 0.812 bits per heavy atom. The van der Waals surface area contributed by atoms with Crippen LogP contribution >= 0.6 is 34.8 Å². The summed E-state index contributed by atoms with van der Waals surface area (Å²) in [6, 6.07) is 19.2. The SMILES string of the molecule is Cc1nc(-c2cccc(F)c2)cn2c(-c3ccc(Cl)cc3Cl)c(-c3ccc(Cl)cc3)nc12. The van der Waals surface area contributed by atoms with Gasteiger partial charge in [-0.1, -0.05) is 59.1 Å². The molecule has 0 saturated carbocycles. The number of benzene rings is 3. The highest BCUT2D eigenvalue weighted by molar-refractivity contribution is 6.36. The Bertz CT molecular complexity index is 1480. The predicted octanol–water partition coefficient (Wildman–Crippen LogP) is 8.14. The molecule has 0 N–H and O–H groups in total. The molecule has 0 atom stereocenters. The highest BCUT2D eigenvalue weighted by Gasteiger charge is 2.21. The molecule has 2 heterocycles. The average molecular weight is 483 g/mol. The van der Waals surface area contributed by atoms with E-state index in [9.17, 15) is 4.39 Å². The molecule has 0 unspecified atom stereocenters. The molecule has 0 bridgehead atoms. The van der Waals surface area contributed by atoms with Crippen molar-refractivity contribution in [3.8, 4) is 33.8 Å². The van der Waals surface area contributed by atoms with E-state index in [4.69, 9.17) is 39.8 Å². The standard InChI is InChI=1S/C25H15Cl3FN3/c1-14-25-31-23(15-5-7-17(26)8-6-15)24(20-10-9-18(27)12-21(20)28)32(25)13-22(30-14)16-3-2-4-19(29)11-16/h2-13H,1H3. The molecule has 0 radical (unpaired) electrons. The van der Waals surface area contributed by atoms with Crippen LogP contribution in [-0.2, 0) is 0 Å². The summed E-state index contributed by atoms with van der Waals surface area (Å²) in [6.45, 7) is 1.88. The van der Waals surface area contributed by atoms with Gasteiger partial charge in [0.2, 0.25) is 0 Å². The highest BCUT2D eigenvalue weighted by Crippen LogP contribution is 2.39. The van der Waals surface area contributed by atoms with Crippen molar-refractivity contribution in [2.45, 2.75) is 6.92 Å². The van der Waals surface area contributed by atoms with Gasteiger partial charge in [0, 0.05) is 32.9 Å². The minimum absolute atomic E-state index is 0.324. The van der Waals surface area contributed by atoms with Crippen molar-refractivity contribution >= 4 is 40.4 Å². The Morgan fingerprint density at radius 2 is 1.56 bits per heavy atom. The van der Waals surface area contributed by atoms with E-state index in [0.717, 1.165) is 22.5 Å². The third-order valence-corrected chi connectivity index (χ3v) is 6.00. The zero-order valence-electron chi connectivity index (χ0n) is 16.8. The van der Waals surface area contributed by atoms with Crippen molar-refractivity contribution in [3.63, 3.8) is 0 Å². The van der Waals surface area contributed by atoms with Crippen LogP contribution in [0.25, 0.3) is 39.4 Å². The predicted molar refractivity (Wildman–Crippen MR) is 129 cm³/mol. The van der Waals surface area contributed by atoms with Crippen LogP contribution in [0.1, 0.15) is 5.69 Å². The van der Waals surface area contributed by atoms with Gasteiger partial charge in [-0.05, 0) is 49.4 Å². The minimum atomic E-state index is -0.324. The summed E-state index contributed by atoms with van der Waals surface area (Å²) in [7, 11) is 0. The quantitative estimate of drug-likeness (QED) is 0.260. The highest BCUT2D eigenvalue weighted by atomic mass is 35.5. The van der Waals surface area contributed by atoms with Gasteiger partial charge >= 0.3 is 0 Å². The largest absolute Gasteiger partial charge is 0.295 e. The van der Waals surface area contributed by atoms with Gasteiger partial charge in [-0.2, -0.15) is 0 Å². The second kappa shape index (κ2) is 8.21. The number of halogens is 4. The first-order valence-corrected chi connectivity index (χ1v) is 10.9. The van der Waals surface area contributed by atoms with E-state index in [1.807, 2.05) is 53.9 Å². The van der Waals surface area contributed by atoms with Gasteiger partial charge in [-0.3, -0.25) is 4.40 Å².